The molecule has 0 unspecified atom stereocenters. The Hall–Kier alpha value is -4.73. The van der Waals surface area contributed by atoms with E-state index in [4.69, 9.17) is 9.41 Å². The molecule has 2 aliphatic heterocycles. The van der Waals surface area contributed by atoms with Crippen LogP contribution in [0.3, 0.4) is 0 Å². The molecule has 1 amide bonds. The molecule has 9 heteroatoms. The number of carbonyl (C=O) groups is 1. The van der Waals surface area contributed by atoms with Gasteiger partial charge in [-0.3, -0.25) is 9.69 Å². The van der Waals surface area contributed by atoms with Crippen molar-refractivity contribution in [3.8, 4) is 17.3 Å². The quantitative estimate of drug-likeness (QED) is 0.275. The van der Waals surface area contributed by atoms with Crippen molar-refractivity contribution in [1.29, 1.82) is 0 Å². The number of aliphatic imine (C=N–C) groups is 1. The van der Waals surface area contributed by atoms with Gasteiger partial charge in [-0.1, -0.05) is 36.4 Å². The third-order valence-electron chi connectivity index (χ3n) is 8.28. The summed E-state index contributed by atoms with van der Waals surface area (Å²) in [4.78, 5) is 31.6. The van der Waals surface area contributed by atoms with Gasteiger partial charge in [0.25, 0.3) is 0 Å². The topological polar surface area (TPSA) is 101 Å². The molecule has 5 aromatic rings. The van der Waals surface area contributed by atoms with Gasteiger partial charge in [-0.15, -0.1) is 0 Å². The van der Waals surface area contributed by atoms with Gasteiger partial charge in [-0.25, -0.2) is 9.98 Å². The highest BCUT2D eigenvalue weighted by atomic mass is 16.3. The molecule has 0 saturated carbocycles. The SMILES string of the molecule is CN1CC2(C1)CN(CC(=O)N(C)c1ccc(N=C(c3ccccc3)c3c(O)[nH]c4cc(-c5ncco5)ccc34)cc1)C2. The van der Waals surface area contributed by atoms with E-state index >= 15 is 0 Å². The first kappa shape index (κ1) is 26.2. The smallest absolute Gasteiger partial charge is 0.240 e. The fourth-order valence-corrected chi connectivity index (χ4v) is 6.42. The average Bonchev–Trinajstić information content (AvgIpc) is 3.62. The lowest BCUT2D eigenvalue weighted by molar-refractivity contribution is -0.131. The Morgan fingerprint density at radius 1 is 1.07 bits per heavy atom. The molecule has 2 fully saturated rings. The highest BCUT2D eigenvalue weighted by Gasteiger charge is 2.50. The van der Waals surface area contributed by atoms with Crippen molar-refractivity contribution < 1.29 is 14.3 Å². The minimum absolute atomic E-state index is 0.0282. The van der Waals surface area contributed by atoms with Crippen LogP contribution < -0.4 is 4.90 Å². The van der Waals surface area contributed by atoms with Crippen LogP contribution in [0.4, 0.5) is 11.4 Å². The number of aromatic nitrogens is 2. The van der Waals surface area contributed by atoms with E-state index in [1.54, 1.807) is 11.1 Å². The Morgan fingerprint density at radius 3 is 2.52 bits per heavy atom. The standard InChI is InChI=1S/C33H32N6O3/c1-37-18-33(19-37)20-39(21-33)17-28(40)38(2)25-11-9-24(10-12-25)35-30(22-6-4-3-5-7-22)29-26-13-8-23(32-34-14-15-42-32)16-27(26)36-31(29)41/h3-16,36,41H,17-21H2,1-2H3. The highest BCUT2D eigenvalue weighted by molar-refractivity contribution is 6.22. The number of benzene rings is 3. The molecule has 0 bridgehead atoms. The zero-order valence-corrected chi connectivity index (χ0v) is 23.6. The Labute approximate surface area is 243 Å². The van der Waals surface area contributed by atoms with Crippen molar-refractivity contribution in [2.24, 2.45) is 10.4 Å². The fraction of sp³-hybridized carbons (Fsp3) is 0.242. The maximum atomic E-state index is 13.0. The van der Waals surface area contributed by atoms with Gasteiger partial charge in [0.05, 0.1) is 29.7 Å². The van der Waals surface area contributed by atoms with E-state index in [0.29, 0.717) is 34.8 Å². The number of fused-ring (bicyclic) bond motifs is 1. The minimum atomic E-state index is 0.0282. The molecule has 9 nitrogen and oxygen atoms in total. The Kier molecular flexibility index (Phi) is 6.41. The monoisotopic (exact) mass is 560 g/mol. The summed E-state index contributed by atoms with van der Waals surface area (Å²) in [6.45, 7) is 4.67. The predicted octanol–water partition coefficient (Wildman–Crippen LogP) is 4.91. The number of carbonyl (C=O) groups excluding carboxylic acids is 1. The van der Waals surface area contributed by atoms with E-state index < -0.39 is 0 Å². The van der Waals surface area contributed by atoms with Crippen LogP contribution in [0.5, 0.6) is 5.88 Å². The van der Waals surface area contributed by atoms with Crippen LogP contribution in [0, 0.1) is 5.41 Å². The van der Waals surface area contributed by atoms with Gasteiger partial charge >= 0.3 is 0 Å². The Balaban J connectivity index is 1.15. The lowest BCUT2D eigenvalue weighted by Crippen LogP contribution is -2.71. The third kappa shape index (κ3) is 4.76. The lowest BCUT2D eigenvalue weighted by atomic mass is 9.73. The number of amides is 1. The number of H-pyrrole nitrogens is 1. The summed E-state index contributed by atoms with van der Waals surface area (Å²) >= 11 is 0. The largest absolute Gasteiger partial charge is 0.494 e. The summed E-state index contributed by atoms with van der Waals surface area (Å²) in [6.07, 6.45) is 3.14. The number of hydrogen-bond acceptors (Lipinski definition) is 7. The van der Waals surface area contributed by atoms with E-state index in [1.807, 2.05) is 79.8 Å². The summed E-state index contributed by atoms with van der Waals surface area (Å²) in [6, 6.07) is 23.2. The second kappa shape index (κ2) is 10.3. The normalized spacial score (nSPS) is 16.9. The number of oxazole rings is 1. The molecule has 212 valence electrons. The first-order valence-electron chi connectivity index (χ1n) is 14.0. The highest BCUT2D eigenvalue weighted by Crippen LogP contribution is 2.38. The molecule has 42 heavy (non-hydrogen) atoms. The molecule has 2 N–H and O–H groups in total. The fourth-order valence-electron chi connectivity index (χ4n) is 6.42. The van der Waals surface area contributed by atoms with Crippen molar-refractivity contribution in [1.82, 2.24) is 19.8 Å². The van der Waals surface area contributed by atoms with Gasteiger partial charge in [0, 0.05) is 66.4 Å². The van der Waals surface area contributed by atoms with Gasteiger partial charge in [0.1, 0.15) is 6.26 Å². The van der Waals surface area contributed by atoms with Gasteiger partial charge in [-0.05, 0) is 43.4 Å². The van der Waals surface area contributed by atoms with Crippen LogP contribution in [0.25, 0.3) is 22.4 Å². The zero-order chi connectivity index (χ0) is 28.8. The van der Waals surface area contributed by atoms with Crippen LogP contribution in [-0.2, 0) is 4.79 Å². The molecule has 1 spiro atoms. The molecule has 2 aliphatic rings. The van der Waals surface area contributed by atoms with Crippen LogP contribution in [0.15, 0.2) is 94.7 Å². The number of likely N-dealkylation sites (N-methyl/N-ethyl adjacent to an activating group) is 1. The molecule has 2 aromatic heterocycles. The number of likely N-dealkylation sites (tertiary alicyclic amines) is 2. The van der Waals surface area contributed by atoms with E-state index in [0.717, 1.165) is 53.9 Å². The number of hydrogen-bond donors (Lipinski definition) is 2. The van der Waals surface area contributed by atoms with Gasteiger partial charge < -0.3 is 24.3 Å². The van der Waals surface area contributed by atoms with Crippen LogP contribution >= 0.6 is 0 Å². The number of aromatic amines is 1. The van der Waals surface area contributed by atoms with E-state index in [2.05, 4.69) is 26.8 Å². The first-order chi connectivity index (χ1) is 20.4. The Morgan fingerprint density at radius 2 is 1.83 bits per heavy atom. The first-order valence-corrected chi connectivity index (χ1v) is 14.0. The van der Waals surface area contributed by atoms with Crippen molar-refractivity contribution in [2.45, 2.75) is 0 Å². The minimum Gasteiger partial charge on any atom is -0.494 e. The van der Waals surface area contributed by atoms with Gasteiger partial charge in [0.15, 0.2) is 5.88 Å². The number of nitrogens with one attached hydrogen (secondary N) is 1. The Bertz CT molecular complexity index is 1760. The van der Waals surface area contributed by atoms with Crippen molar-refractivity contribution in [2.75, 3.05) is 51.7 Å². The van der Waals surface area contributed by atoms with Crippen molar-refractivity contribution in [3.63, 3.8) is 0 Å². The van der Waals surface area contributed by atoms with Crippen LogP contribution in [0.2, 0.25) is 0 Å². The molecule has 7 rings (SSSR count). The van der Waals surface area contributed by atoms with Gasteiger partial charge in [-0.2, -0.15) is 0 Å². The van der Waals surface area contributed by atoms with E-state index in [1.165, 1.54) is 6.26 Å². The summed E-state index contributed by atoms with van der Waals surface area (Å²) in [5.74, 6) is 0.611. The number of nitrogens with zero attached hydrogens (tertiary/aromatic N) is 5. The second-order valence-corrected chi connectivity index (χ2v) is 11.6. The molecule has 4 heterocycles. The molecule has 2 saturated heterocycles. The molecule has 0 radical (unpaired) electrons. The van der Waals surface area contributed by atoms with Crippen LogP contribution in [0.1, 0.15) is 11.1 Å². The zero-order valence-electron chi connectivity index (χ0n) is 23.6. The number of anilines is 1. The summed E-state index contributed by atoms with van der Waals surface area (Å²) in [5, 5.41) is 11.9. The van der Waals surface area contributed by atoms with Crippen LogP contribution in [-0.4, -0.2) is 83.3 Å². The second-order valence-electron chi connectivity index (χ2n) is 11.6. The van der Waals surface area contributed by atoms with E-state index in [9.17, 15) is 9.90 Å². The number of rotatable bonds is 7. The molecular formula is C33H32N6O3. The maximum Gasteiger partial charge on any atom is 0.240 e. The van der Waals surface area contributed by atoms with Crippen molar-refractivity contribution >= 4 is 33.9 Å². The summed E-state index contributed by atoms with van der Waals surface area (Å²) < 4.78 is 5.45. The summed E-state index contributed by atoms with van der Waals surface area (Å²) in [7, 11) is 3.96. The average molecular weight is 561 g/mol. The summed E-state index contributed by atoms with van der Waals surface area (Å²) in [5.41, 5.74) is 5.58. The van der Waals surface area contributed by atoms with Crippen molar-refractivity contribution in [3.05, 3.63) is 96.4 Å². The third-order valence-corrected chi connectivity index (χ3v) is 8.28. The predicted molar refractivity (Wildman–Crippen MR) is 163 cm³/mol. The molecular weight excluding hydrogens is 528 g/mol. The molecule has 0 atom stereocenters. The maximum absolute atomic E-state index is 13.0. The lowest BCUT2D eigenvalue weighted by Gasteiger charge is -2.59. The number of aromatic hydroxyl groups is 1. The molecule has 3 aromatic carbocycles. The van der Waals surface area contributed by atoms with Gasteiger partial charge in [0.2, 0.25) is 11.8 Å². The van der Waals surface area contributed by atoms with E-state index in [-0.39, 0.29) is 11.8 Å². The molecule has 0 aliphatic carbocycles.